The zero-order valence-corrected chi connectivity index (χ0v) is 9.53. The molecule has 1 aromatic heterocycles. The third-order valence-electron chi connectivity index (χ3n) is 2.11. The van der Waals surface area contributed by atoms with E-state index in [1.54, 1.807) is 17.9 Å². The van der Waals surface area contributed by atoms with Gasteiger partial charge in [0, 0.05) is 25.7 Å². The molecule has 0 spiro atoms. The van der Waals surface area contributed by atoms with Crippen LogP contribution in [0.1, 0.15) is 26.0 Å². The summed E-state index contributed by atoms with van der Waals surface area (Å²) < 4.78 is 1.61. The molecule has 5 heteroatoms. The molecule has 0 aliphatic rings. The van der Waals surface area contributed by atoms with Crippen LogP contribution >= 0.6 is 0 Å². The first-order valence-corrected chi connectivity index (χ1v) is 5.22. The van der Waals surface area contributed by atoms with Gasteiger partial charge >= 0.3 is 0 Å². The van der Waals surface area contributed by atoms with E-state index in [0.29, 0.717) is 12.8 Å². The number of aryl methyl sites for hydroxylation is 1. The highest BCUT2D eigenvalue weighted by atomic mass is 16.1. The minimum Gasteiger partial charge on any atom is -0.314 e. The van der Waals surface area contributed by atoms with Gasteiger partial charge in [0.1, 0.15) is 5.78 Å². The molecule has 0 radical (unpaired) electrons. The maximum atomic E-state index is 11.6. The Bertz CT molecular complexity index is 321. The quantitative estimate of drug-likeness (QED) is 0.734. The molecule has 0 aliphatic heterocycles. The topological polar surface area (TPSA) is 59.8 Å². The number of hydrogen-bond acceptors (Lipinski definition) is 4. The number of ketones is 1. The molecule has 0 aromatic carbocycles. The zero-order valence-electron chi connectivity index (χ0n) is 9.53. The average molecular weight is 210 g/mol. The first-order valence-electron chi connectivity index (χ1n) is 5.22. The summed E-state index contributed by atoms with van der Waals surface area (Å²) in [6.45, 7) is 4.93. The van der Waals surface area contributed by atoms with Crippen LogP contribution in [0.4, 0.5) is 0 Å². The summed E-state index contributed by atoms with van der Waals surface area (Å²) in [4.78, 5) is 11.6. The molecule has 84 valence electrons. The number of nitrogens with zero attached hydrogens (tertiary/aromatic N) is 3. The highest BCUT2D eigenvalue weighted by molar-refractivity contribution is 5.80. The molecule has 1 N–H and O–H groups in total. The Hall–Kier alpha value is -1.23. The second-order valence-corrected chi connectivity index (χ2v) is 3.76. The van der Waals surface area contributed by atoms with Crippen molar-refractivity contribution < 1.29 is 4.79 Å². The van der Waals surface area contributed by atoms with E-state index < -0.39 is 0 Å². The van der Waals surface area contributed by atoms with Crippen molar-refractivity contribution >= 4 is 5.78 Å². The molecule has 0 bridgehead atoms. The monoisotopic (exact) mass is 210 g/mol. The predicted octanol–water partition coefficient (Wildman–Crippen LogP) is 0.315. The maximum absolute atomic E-state index is 11.6. The molecule has 0 saturated heterocycles. The number of hydrogen-bond donors (Lipinski definition) is 1. The fraction of sp³-hybridized carbons (Fsp3) is 0.700. The average Bonchev–Trinajstić information content (AvgIpc) is 2.51. The molecule has 1 unspecified atom stereocenters. The molecule has 0 aliphatic carbocycles. The Labute approximate surface area is 89.9 Å². The molecule has 0 amide bonds. The van der Waals surface area contributed by atoms with Crippen molar-refractivity contribution in [1.82, 2.24) is 20.3 Å². The van der Waals surface area contributed by atoms with Gasteiger partial charge in [-0.2, -0.15) is 0 Å². The molecule has 1 atom stereocenters. The van der Waals surface area contributed by atoms with Crippen LogP contribution in [0.3, 0.4) is 0 Å². The van der Waals surface area contributed by atoms with Gasteiger partial charge in [-0.25, -0.2) is 0 Å². The second-order valence-electron chi connectivity index (χ2n) is 3.76. The van der Waals surface area contributed by atoms with Crippen LogP contribution in [0, 0.1) is 0 Å². The number of nitrogens with one attached hydrogen (secondary N) is 1. The highest BCUT2D eigenvalue weighted by Gasteiger charge is 2.10. The number of carbonyl (C=O) groups is 1. The van der Waals surface area contributed by atoms with Gasteiger partial charge in [-0.1, -0.05) is 12.1 Å². The lowest BCUT2D eigenvalue weighted by atomic mass is 10.1. The highest BCUT2D eigenvalue weighted by Crippen LogP contribution is 1.99. The van der Waals surface area contributed by atoms with Gasteiger partial charge in [0.05, 0.1) is 12.1 Å². The summed E-state index contributed by atoms with van der Waals surface area (Å²) in [6, 6.07) is 0.235. The summed E-state index contributed by atoms with van der Waals surface area (Å²) in [5.41, 5.74) is 0.742. The number of rotatable bonds is 6. The zero-order chi connectivity index (χ0) is 11.3. The summed E-state index contributed by atoms with van der Waals surface area (Å²) in [6.07, 6.45) is 2.70. The van der Waals surface area contributed by atoms with Crippen LogP contribution in [-0.4, -0.2) is 33.4 Å². The SMILES string of the molecule is CCNC(C)CC(=O)Cc1cn(C)nn1. The Morgan fingerprint density at radius 1 is 1.67 bits per heavy atom. The first kappa shape index (κ1) is 11.8. The summed E-state index contributed by atoms with van der Waals surface area (Å²) in [5.74, 6) is 0.198. The van der Waals surface area contributed by atoms with Gasteiger partial charge in [0.25, 0.3) is 0 Å². The number of Topliss-reactive ketones (excluding diaryl/α,β-unsaturated/α-hetero) is 1. The van der Waals surface area contributed by atoms with Crippen molar-refractivity contribution in [3.8, 4) is 0 Å². The normalized spacial score (nSPS) is 12.7. The van der Waals surface area contributed by atoms with Crippen molar-refractivity contribution in [3.63, 3.8) is 0 Å². The summed E-state index contributed by atoms with van der Waals surface area (Å²) >= 11 is 0. The Balaban J connectivity index is 2.36. The van der Waals surface area contributed by atoms with Gasteiger partial charge in [-0.3, -0.25) is 9.48 Å². The van der Waals surface area contributed by atoms with Crippen LogP contribution in [-0.2, 0) is 18.3 Å². The Kier molecular flexibility index (Phi) is 4.42. The van der Waals surface area contributed by atoms with Crippen molar-refractivity contribution in [2.45, 2.75) is 32.7 Å². The lowest BCUT2D eigenvalue weighted by molar-refractivity contribution is -0.118. The lowest BCUT2D eigenvalue weighted by Gasteiger charge is -2.09. The lowest BCUT2D eigenvalue weighted by Crippen LogP contribution is -2.28. The van der Waals surface area contributed by atoms with E-state index in [-0.39, 0.29) is 11.8 Å². The first-order chi connectivity index (χ1) is 7.11. The Morgan fingerprint density at radius 2 is 2.40 bits per heavy atom. The minimum absolute atomic E-state index is 0.198. The maximum Gasteiger partial charge on any atom is 0.140 e. The van der Waals surface area contributed by atoms with Crippen molar-refractivity contribution in [3.05, 3.63) is 11.9 Å². The van der Waals surface area contributed by atoms with E-state index in [1.165, 1.54) is 0 Å². The third kappa shape index (κ3) is 4.20. The minimum atomic E-state index is 0.198. The van der Waals surface area contributed by atoms with E-state index in [1.807, 2.05) is 13.8 Å². The van der Waals surface area contributed by atoms with E-state index in [9.17, 15) is 4.79 Å². The molecule has 0 saturated carbocycles. The number of aromatic nitrogens is 3. The van der Waals surface area contributed by atoms with Gasteiger partial charge in [0.2, 0.25) is 0 Å². The van der Waals surface area contributed by atoms with Gasteiger partial charge < -0.3 is 5.32 Å². The Morgan fingerprint density at radius 3 is 2.93 bits per heavy atom. The van der Waals surface area contributed by atoms with Crippen molar-refractivity contribution in [1.29, 1.82) is 0 Å². The van der Waals surface area contributed by atoms with Crippen LogP contribution in [0.15, 0.2) is 6.20 Å². The second kappa shape index (κ2) is 5.60. The van der Waals surface area contributed by atoms with Crippen LogP contribution in [0.5, 0.6) is 0 Å². The molecule has 1 heterocycles. The smallest absolute Gasteiger partial charge is 0.140 e. The fourth-order valence-corrected chi connectivity index (χ4v) is 1.51. The summed E-state index contributed by atoms with van der Waals surface area (Å²) in [7, 11) is 1.79. The van der Waals surface area contributed by atoms with Crippen LogP contribution < -0.4 is 5.32 Å². The van der Waals surface area contributed by atoms with Crippen molar-refractivity contribution in [2.75, 3.05) is 6.54 Å². The van der Waals surface area contributed by atoms with E-state index in [4.69, 9.17) is 0 Å². The largest absolute Gasteiger partial charge is 0.314 e. The number of carbonyl (C=O) groups excluding carboxylic acids is 1. The summed E-state index contributed by atoms with van der Waals surface area (Å²) in [5, 5.41) is 10.9. The van der Waals surface area contributed by atoms with Gasteiger partial charge in [-0.15, -0.1) is 5.10 Å². The van der Waals surface area contributed by atoms with Crippen LogP contribution in [0.25, 0.3) is 0 Å². The van der Waals surface area contributed by atoms with E-state index in [0.717, 1.165) is 12.2 Å². The molecule has 1 rings (SSSR count). The fourth-order valence-electron chi connectivity index (χ4n) is 1.51. The molecular formula is C10H18N4O. The predicted molar refractivity (Wildman–Crippen MR) is 57.5 cm³/mol. The van der Waals surface area contributed by atoms with Gasteiger partial charge in [-0.05, 0) is 13.5 Å². The van der Waals surface area contributed by atoms with Crippen LogP contribution in [0.2, 0.25) is 0 Å². The van der Waals surface area contributed by atoms with Crippen molar-refractivity contribution in [2.24, 2.45) is 7.05 Å². The van der Waals surface area contributed by atoms with E-state index >= 15 is 0 Å². The standard InChI is InChI=1S/C10H18N4O/c1-4-11-8(2)5-10(15)6-9-7-14(3)13-12-9/h7-8,11H,4-6H2,1-3H3. The molecular weight excluding hydrogens is 192 g/mol. The third-order valence-corrected chi connectivity index (χ3v) is 2.11. The molecule has 1 aromatic rings. The molecule has 5 nitrogen and oxygen atoms in total. The van der Waals surface area contributed by atoms with E-state index in [2.05, 4.69) is 15.6 Å². The van der Waals surface area contributed by atoms with Gasteiger partial charge in [0.15, 0.2) is 0 Å². The molecule has 15 heavy (non-hydrogen) atoms. The molecule has 0 fully saturated rings.